The second-order valence-electron chi connectivity index (χ2n) is 6.51. The monoisotopic (exact) mass is 273 g/mol. The van der Waals surface area contributed by atoms with Gasteiger partial charge in [-0.25, -0.2) is 4.98 Å². The Kier molecular flexibility index (Phi) is 3.97. The Morgan fingerprint density at radius 1 is 1.25 bits per heavy atom. The summed E-state index contributed by atoms with van der Waals surface area (Å²) in [6.45, 7) is 6.45. The molecule has 110 valence electrons. The van der Waals surface area contributed by atoms with Crippen molar-refractivity contribution < 1.29 is 0 Å². The molecule has 1 aromatic rings. The molecule has 0 amide bonds. The van der Waals surface area contributed by atoms with Crippen molar-refractivity contribution >= 4 is 5.82 Å². The van der Waals surface area contributed by atoms with Crippen LogP contribution in [0.4, 0.5) is 5.82 Å². The van der Waals surface area contributed by atoms with E-state index in [1.807, 2.05) is 7.05 Å². The third-order valence-electron chi connectivity index (χ3n) is 5.07. The van der Waals surface area contributed by atoms with Crippen molar-refractivity contribution in [1.82, 2.24) is 10.3 Å². The zero-order valence-corrected chi connectivity index (χ0v) is 13.1. The third-order valence-corrected chi connectivity index (χ3v) is 5.07. The lowest BCUT2D eigenvalue weighted by Crippen LogP contribution is -2.44. The van der Waals surface area contributed by atoms with E-state index in [4.69, 9.17) is 4.98 Å². The number of fused-ring (bicyclic) bond motifs is 1. The molecule has 0 aromatic carbocycles. The van der Waals surface area contributed by atoms with E-state index in [1.165, 1.54) is 55.6 Å². The van der Waals surface area contributed by atoms with Gasteiger partial charge in [-0.2, -0.15) is 0 Å². The molecule has 2 atom stereocenters. The Morgan fingerprint density at radius 3 is 2.85 bits per heavy atom. The second-order valence-corrected chi connectivity index (χ2v) is 6.51. The van der Waals surface area contributed by atoms with Crippen molar-refractivity contribution in [1.29, 1.82) is 0 Å². The highest BCUT2D eigenvalue weighted by Gasteiger charge is 2.36. The number of nitrogens with one attached hydrogen (secondary N) is 1. The topological polar surface area (TPSA) is 28.2 Å². The molecule has 0 radical (unpaired) electrons. The minimum atomic E-state index is 0.744. The average molecular weight is 273 g/mol. The molecule has 3 nitrogen and oxygen atoms in total. The molecule has 2 fully saturated rings. The molecule has 1 saturated carbocycles. The van der Waals surface area contributed by atoms with Crippen LogP contribution in [0, 0.1) is 19.8 Å². The van der Waals surface area contributed by atoms with Gasteiger partial charge >= 0.3 is 0 Å². The van der Waals surface area contributed by atoms with Crippen molar-refractivity contribution in [3.63, 3.8) is 0 Å². The highest BCUT2D eigenvalue weighted by molar-refractivity contribution is 5.53. The standard InChI is InChI=1S/C17H27N3/c1-12-10-13(2)19-17(15(12)11-18-3)20-9-5-7-14-6-4-8-16(14)20/h10,14,16,18H,4-9,11H2,1-3H3. The van der Waals surface area contributed by atoms with Gasteiger partial charge < -0.3 is 10.2 Å². The van der Waals surface area contributed by atoms with Crippen LogP contribution < -0.4 is 10.2 Å². The number of hydrogen-bond donors (Lipinski definition) is 1. The summed E-state index contributed by atoms with van der Waals surface area (Å²) in [4.78, 5) is 7.56. The van der Waals surface area contributed by atoms with Crippen LogP contribution in [0.15, 0.2) is 6.07 Å². The summed E-state index contributed by atoms with van der Waals surface area (Å²) in [5.74, 6) is 2.17. The van der Waals surface area contributed by atoms with Gasteiger partial charge in [-0.3, -0.25) is 0 Å². The van der Waals surface area contributed by atoms with Crippen molar-refractivity contribution in [2.75, 3.05) is 18.5 Å². The molecule has 1 aromatic heterocycles. The van der Waals surface area contributed by atoms with E-state index in [-0.39, 0.29) is 0 Å². The van der Waals surface area contributed by atoms with Crippen molar-refractivity contribution in [2.24, 2.45) is 5.92 Å². The van der Waals surface area contributed by atoms with Gasteiger partial charge in [0.15, 0.2) is 0 Å². The summed E-state index contributed by atoms with van der Waals surface area (Å²) in [5.41, 5.74) is 3.92. The maximum Gasteiger partial charge on any atom is 0.133 e. The maximum atomic E-state index is 4.92. The van der Waals surface area contributed by atoms with Crippen LogP contribution in [0.25, 0.3) is 0 Å². The number of hydrogen-bond acceptors (Lipinski definition) is 3. The van der Waals surface area contributed by atoms with Gasteiger partial charge in [0, 0.05) is 30.4 Å². The zero-order valence-electron chi connectivity index (χ0n) is 13.1. The van der Waals surface area contributed by atoms with E-state index < -0.39 is 0 Å². The fourth-order valence-corrected chi connectivity index (χ4v) is 4.19. The average Bonchev–Trinajstić information content (AvgIpc) is 2.90. The van der Waals surface area contributed by atoms with Gasteiger partial charge in [0.1, 0.15) is 5.82 Å². The zero-order chi connectivity index (χ0) is 14.1. The Morgan fingerprint density at radius 2 is 2.05 bits per heavy atom. The smallest absolute Gasteiger partial charge is 0.133 e. The molecule has 20 heavy (non-hydrogen) atoms. The lowest BCUT2D eigenvalue weighted by molar-refractivity contribution is 0.359. The predicted octanol–water partition coefficient (Wildman–Crippen LogP) is 3.19. The number of nitrogens with zero attached hydrogens (tertiary/aromatic N) is 2. The Balaban J connectivity index is 1.99. The summed E-state index contributed by atoms with van der Waals surface area (Å²) in [5, 5.41) is 3.32. The summed E-state index contributed by atoms with van der Waals surface area (Å²) in [7, 11) is 2.03. The van der Waals surface area contributed by atoms with E-state index in [9.17, 15) is 0 Å². The molecule has 1 aliphatic heterocycles. The molecule has 2 aliphatic rings. The molecular weight excluding hydrogens is 246 g/mol. The van der Waals surface area contributed by atoms with Crippen LogP contribution in [-0.4, -0.2) is 24.6 Å². The van der Waals surface area contributed by atoms with E-state index in [0.717, 1.165) is 24.2 Å². The van der Waals surface area contributed by atoms with Crippen LogP contribution in [-0.2, 0) is 6.54 Å². The van der Waals surface area contributed by atoms with Crippen molar-refractivity contribution in [3.05, 3.63) is 22.9 Å². The maximum absolute atomic E-state index is 4.92. The van der Waals surface area contributed by atoms with Gasteiger partial charge in [0.25, 0.3) is 0 Å². The lowest BCUT2D eigenvalue weighted by atomic mass is 9.91. The van der Waals surface area contributed by atoms with Gasteiger partial charge in [0.2, 0.25) is 0 Å². The molecule has 3 rings (SSSR count). The summed E-state index contributed by atoms with van der Waals surface area (Å²) in [6.07, 6.45) is 6.94. The molecule has 1 N–H and O–H groups in total. The molecule has 1 saturated heterocycles. The van der Waals surface area contributed by atoms with Crippen molar-refractivity contribution in [2.45, 2.75) is 58.5 Å². The number of anilines is 1. The molecule has 1 aliphatic carbocycles. The van der Waals surface area contributed by atoms with Gasteiger partial charge in [-0.05, 0) is 64.1 Å². The lowest BCUT2D eigenvalue weighted by Gasteiger charge is -2.40. The highest BCUT2D eigenvalue weighted by atomic mass is 15.2. The Bertz CT molecular complexity index is 483. The number of rotatable bonds is 3. The highest BCUT2D eigenvalue weighted by Crippen LogP contribution is 2.39. The van der Waals surface area contributed by atoms with Crippen LogP contribution in [0.5, 0.6) is 0 Å². The van der Waals surface area contributed by atoms with E-state index in [1.54, 1.807) is 0 Å². The predicted molar refractivity (Wildman–Crippen MR) is 84.2 cm³/mol. The summed E-state index contributed by atoms with van der Waals surface area (Å²) >= 11 is 0. The minimum Gasteiger partial charge on any atom is -0.353 e. The molecule has 2 heterocycles. The first-order valence-electron chi connectivity index (χ1n) is 8.09. The Labute approximate surface area is 122 Å². The number of aromatic nitrogens is 1. The number of aryl methyl sites for hydroxylation is 2. The van der Waals surface area contributed by atoms with Gasteiger partial charge in [-0.1, -0.05) is 6.42 Å². The first-order chi connectivity index (χ1) is 9.70. The first kappa shape index (κ1) is 13.9. The largest absolute Gasteiger partial charge is 0.353 e. The van der Waals surface area contributed by atoms with Crippen molar-refractivity contribution in [3.8, 4) is 0 Å². The number of piperidine rings is 1. The second kappa shape index (κ2) is 5.72. The number of pyridine rings is 1. The van der Waals surface area contributed by atoms with Crippen LogP contribution in [0.1, 0.15) is 48.9 Å². The Hall–Kier alpha value is -1.09. The minimum absolute atomic E-state index is 0.744. The van der Waals surface area contributed by atoms with Crippen LogP contribution in [0.2, 0.25) is 0 Å². The SMILES string of the molecule is CNCc1c(C)cc(C)nc1N1CCCC2CCCC21. The van der Waals surface area contributed by atoms with E-state index in [2.05, 4.69) is 30.1 Å². The van der Waals surface area contributed by atoms with Gasteiger partial charge in [0.05, 0.1) is 0 Å². The van der Waals surface area contributed by atoms with Crippen LogP contribution >= 0.6 is 0 Å². The summed E-state index contributed by atoms with van der Waals surface area (Å²) in [6, 6.07) is 2.96. The van der Waals surface area contributed by atoms with Gasteiger partial charge in [-0.15, -0.1) is 0 Å². The normalized spacial score (nSPS) is 25.9. The fraction of sp³-hybridized carbons (Fsp3) is 0.706. The molecule has 0 spiro atoms. The fourth-order valence-electron chi connectivity index (χ4n) is 4.19. The first-order valence-corrected chi connectivity index (χ1v) is 8.09. The third kappa shape index (κ3) is 2.44. The summed E-state index contributed by atoms with van der Waals surface area (Å²) < 4.78 is 0. The van der Waals surface area contributed by atoms with E-state index in [0.29, 0.717) is 0 Å². The van der Waals surface area contributed by atoms with Crippen LogP contribution in [0.3, 0.4) is 0 Å². The molecule has 2 unspecified atom stereocenters. The van der Waals surface area contributed by atoms with E-state index >= 15 is 0 Å². The molecule has 0 bridgehead atoms. The molecule has 3 heteroatoms. The quantitative estimate of drug-likeness (QED) is 0.916. The molecular formula is C17H27N3.